The lowest BCUT2D eigenvalue weighted by atomic mass is 10.2. The summed E-state index contributed by atoms with van der Waals surface area (Å²) in [7, 11) is 0. The molecule has 0 aliphatic heterocycles. The van der Waals surface area contributed by atoms with Gasteiger partial charge in [-0.3, -0.25) is 4.79 Å². The van der Waals surface area contributed by atoms with Crippen LogP contribution in [-0.2, 0) is 4.79 Å². The molecule has 6 nitrogen and oxygen atoms in total. The number of amides is 1. The van der Waals surface area contributed by atoms with E-state index in [1.807, 2.05) is 26.0 Å². The van der Waals surface area contributed by atoms with E-state index in [1.54, 1.807) is 12.1 Å². The summed E-state index contributed by atoms with van der Waals surface area (Å²) in [5.74, 6) is 6.73. The predicted molar refractivity (Wildman–Crippen MR) is 89.2 cm³/mol. The third-order valence-electron chi connectivity index (χ3n) is 3.12. The molecule has 0 unspecified atom stereocenters. The van der Waals surface area contributed by atoms with Gasteiger partial charge in [0.1, 0.15) is 0 Å². The Morgan fingerprint density at radius 2 is 2.09 bits per heavy atom. The van der Waals surface area contributed by atoms with Crippen molar-refractivity contribution in [1.82, 2.24) is 20.2 Å². The first-order valence-electron chi connectivity index (χ1n) is 6.89. The molecule has 0 radical (unpaired) electrons. The molecule has 22 heavy (non-hydrogen) atoms. The van der Waals surface area contributed by atoms with Gasteiger partial charge in [0.2, 0.25) is 11.1 Å². The first kappa shape index (κ1) is 16.6. The highest BCUT2D eigenvalue weighted by Crippen LogP contribution is 2.22. The highest BCUT2D eigenvalue weighted by molar-refractivity contribution is 7.99. The van der Waals surface area contributed by atoms with Crippen molar-refractivity contribution in [2.24, 2.45) is 0 Å². The highest BCUT2D eigenvalue weighted by Gasteiger charge is 2.14. The van der Waals surface area contributed by atoms with E-state index in [9.17, 15) is 4.79 Å². The van der Waals surface area contributed by atoms with Crippen LogP contribution in [0, 0.1) is 0 Å². The fourth-order valence-corrected chi connectivity index (χ4v) is 2.51. The van der Waals surface area contributed by atoms with E-state index >= 15 is 0 Å². The third-order valence-corrected chi connectivity index (χ3v) is 4.31. The molecule has 1 atom stereocenters. The maximum Gasteiger partial charge on any atom is 0.230 e. The second kappa shape index (κ2) is 7.51. The number of benzene rings is 1. The van der Waals surface area contributed by atoms with Crippen LogP contribution < -0.4 is 11.2 Å². The van der Waals surface area contributed by atoms with Crippen LogP contribution in [0.5, 0.6) is 0 Å². The zero-order valence-electron chi connectivity index (χ0n) is 12.4. The molecule has 0 aliphatic rings. The summed E-state index contributed by atoms with van der Waals surface area (Å²) in [5.41, 5.74) is 0.815. The number of nitrogens with one attached hydrogen (secondary N) is 1. The van der Waals surface area contributed by atoms with Gasteiger partial charge in [-0.25, -0.2) is 4.68 Å². The standard InChI is InChI=1S/C14H18ClN5OS/c1-3-9(2)17-12(21)8-22-14-19-18-13(20(14)16)10-4-6-11(15)7-5-10/h4-7,9H,3,8,16H2,1-2H3,(H,17,21)/t9-/m0/s1. The number of carbonyl (C=O) groups excluding carboxylic acids is 1. The molecule has 2 rings (SSSR count). The number of halogens is 1. The maximum atomic E-state index is 11.8. The molecule has 1 amide bonds. The van der Waals surface area contributed by atoms with Crippen molar-refractivity contribution < 1.29 is 4.79 Å². The zero-order chi connectivity index (χ0) is 16.1. The van der Waals surface area contributed by atoms with Gasteiger partial charge in [0.15, 0.2) is 5.82 Å². The van der Waals surface area contributed by atoms with Crippen LogP contribution in [-0.4, -0.2) is 32.6 Å². The molecule has 3 N–H and O–H groups in total. The monoisotopic (exact) mass is 339 g/mol. The van der Waals surface area contributed by atoms with Crippen molar-refractivity contribution in [3.05, 3.63) is 29.3 Å². The maximum absolute atomic E-state index is 11.8. The van der Waals surface area contributed by atoms with Crippen LogP contribution in [0.4, 0.5) is 0 Å². The molecular weight excluding hydrogens is 322 g/mol. The van der Waals surface area contributed by atoms with Gasteiger partial charge in [-0.1, -0.05) is 30.3 Å². The largest absolute Gasteiger partial charge is 0.353 e. The van der Waals surface area contributed by atoms with Gasteiger partial charge in [-0.15, -0.1) is 10.2 Å². The Hall–Kier alpha value is -1.73. The van der Waals surface area contributed by atoms with Crippen molar-refractivity contribution in [3.8, 4) is 11.4 Å². The van der Waals surface area contributed by atoms with E-state index in [-0.39, 0.29) is 17.7 Å². The summed E-state index contributed by atoms with van der Waals surface area (Å²) < 4.78 is 1.38. The fourth-order valence-electron chi connectivity index (χ4n) is 1.72. The van der Waals surface area contributed by atoms with E-state index in [4.69, 9.17) is 17.4 Å². The van der Waals surface area contributed by atoms with Gasteiger partial charge in [-0.05, 0) is 37.6 Å². The predicted octanol–water partition coefficient (Wildman–Crippen LogP) is 2.32. The minimum Gasteiger partial charge on any atom is -0.353 e. The van der Waals surface area contributed by atoms with Gasteiger partial charge < -0.3 is 11.2 Å². The third kappa shape index (κ3) is 4.14. The van der Waals surface area contributed by atoms with Gasteiger partial charge in [-0.2, -0.15) is 0 Å². The molecule has 0 fully saturated rings. The lowest BCUT2D eigenvalue weighted by molar-refractivity contribution is -0.119. The normalized spacial score (nSPS) is 12.1. The molecule has 0 bridgehead atoms. The molecule has 8 heteroatoms. The zero-order valence-corrected chi connectivity index (χ0v) is 14.0. The van der Waals surface area contributed by atoms with E-state index in [2.05, 4.69) is 15.5 Å². The van der Waals surface area contributed by atoms with Gasteiger partial charge in [0, 0.05) is 16.6 Å². The van der Waals surface area contributed by atoms with Crippen LogP contribution in [0.2, 0.25) is 5.02 Å². The van der Waals surface area contributed by atoms with E-state index in [1.165, 1.54) is 16.4 Å². The number of thioether (sulfide) groups is 1. The second-order valence-electron chi connectivity index (χ2n) is 4.85. The molecule has 0 saturated carbocycles. The van der Waals surface area contributed by atoms with Crippen molar-refractivity contribution >= 4 is 29.3 Å². The smallest absolute Gasteiger partial charge is 0.230 e. The van der Waals surface area contributed by atoms with E-state index in [0.717, 1.165) is 12.0 Å². The Balaban J connectivity index is 2.02. The molecular formula is C14H18ClN5OS. The average molecular weight is 340 g/mol. The second-order valence-corrected chi connectivity index (χ2v) is 6.23. The van der Waals surface area contributed by atoms with Crippen LogP contribution in [0.25, 0.3) is 11.4 Å². The van der Waals surface area contributed by atoms with Crippen LogP contribution >= 0.6 is 23.4 Å². The molecule has 1 aromatic heterocycles. The van der Waals surface area contributed by atoms with Crippen molar-refractivity contribution in [1.29, 1.82) is 0 Å². The lowest BCUT2D eigenvalue weighted by Crippen LogP contribution is -2.33. The molecule has 0 aliphatic carbocycles. The quantitative estimate of drug-likeness (QED) is 0.623. The molecule has 1 aromatic carbocycles. The Labute approximate surface area is 138 Å². The van der Waals surface area contributed by atoms with Gasteiger partial charge >= 0.3 is 0 Å². The Morgan fingerprint density at radius 3 is 2.73 bits per heavy atom. The summed E-state index contributed by atoms with van der Waals surface area (Å²) in [6, 6.07) is 7.32. The fraction of sp³-hybridized carbons (Fsp3) is 0.357. The molecule has 0 spiro atoms. The number of carbonyl (C=O) groups is 1. The molecule has 118 valence electrons. The lowest BCUT2D eigenvalue weighted by Gasteiger charge is -2.10. The topological polar surface area (TPSA) is 85.8 Å². The number of rotatable bonds is 6. The summed E-state index contributed by atoms with van der Waals surface area (Å²) in [6.45, 7) is 3.99. The molecule has 2 aromatic rings. The Bertz CT molecular complexity index is 643. The van der Waals surface area contributed by atoms with Crippen LogP contribution in [0.1, 0.15) is 20.3 Å². The number of nitrogen functional groups attached to an aromatic ring is 1. The summed E-state index contributed by atoms with van der Waals surface area (Å²) in [4.78, 5) is 11.8. The highest BCUT2D eigenvalue weighted by atomic mass is 35.5. The first-order chi connectivity index (χ1) is 10.5. The summed E-state index contributed by atoms with van der Waals surface area (Å²) in [5, 5.41) is 12.1. The van der Waals surface area contributed by atoms with Crippen molar-refractivity contribution in [2.45, 2.75) is 31.5 Å². The average Bonchev–Trinajstić information content (AvgIpc) is 2.87. The SMILES string of the molecule is CC[C@H](C)NC(=O)CSc1nnc(-c2ccc(Cl)cc2)n1N. The van der Waals surface area contributed by atoms with Crippen LogP contribution in [0.3, 0.4) is 0 Å². The van der Waals surface area contributed by atoms with Gasteiger partial charge in [0.05, 0.1) is 5.75 Å². The van der Waals surface area contributed by atoms with Crippen LogP contribution in [0.15, 0.2) is 29.4 Å². The van der Waals surface area contributed by atoms with E-state index < -0.39 is 0 Å². The minimum atomic E-state index is -0.0459. The van der Waals surface area contributed by atoms with Crippen molar-refractivity contribution in [2.75, 3.05) is 11.6 Å². The summed E-state index contributed by atoms with van der Waals surface area (Å²) >= 11 is 7.11. The summed E-state index contributed by atoms with van der Waals surface area (Å²) in [6.07, 6.45) is 0.893. The number of aromatic nitrogens is 3. The minimum absolute atomic E-state index is 0.0459. The number of hydrogen-bond acceptors (Lipinski definition) is 5. The first-order valence-corrected chi connectivity index (χ1v) is 8.26. The number of nitrogens with zero attached hydrogens (tertiary/aromatic N) is 3. The van der Waals surface area contributed by atoms with E-state index in [0.29, 0.717) is 16.0 Å². The Kier molecular flexibility index (Phi) is 5.68. The molecule has 1 heterocycles. The van der Waals surface area contributed by atoms with Crippen molar-refractivity contribution in [3.63, 3.8) is 0 Å². The van der Waals surface area contributed by atoms with Gasteiger partial charge in [0.25, 0.3) is 0 Å². The number of nitrogens with two attached hydrogens (primary N) is 1. The Morgan fingerprint density at radius 1 is 1.41 bits per heavy atom. The molecule has 0 saturated heterocycles. The number of hydrogen-bond donors (Lipinski definition) is 2.